The number of benzene rings is 3. The first kappa shape index (κ1) is 29.6. The Morgan fingerprint density at radius 3 is 1.55 bits per heavy atom. The molecule has 0 spiro atoms. The molecule has 4 amide bonds. The Kier molecular flexibility index (Phi) is 9.48. The largest absolute Gasteiger partial charge is 0.326 e. The van der Waals surface area contributed by atoms with Crippen molar-refractivity contribution < 1.29 is 19.2 Å². The number of amides is 4. The van der Waals surface area contributed by atoms with E-state index >= 15 is 0 Å². The van der Waals surface area contributed by atoms with Gasteiger partial charge in [-0.05, 0) is 42.5 Å². The van der Waals surface area contributed by atoms with Crippen molar-refractivity contribution in [3.8, 4) is 0 Å². The molecule has 0 unspecified atom stereocenters. The second-order valence-electron chi connectivity index (χ2n) is 9.01. The average Bonchev–Trinajstić information content (AvgIpc) is 3.46. The van der Waals surface area contributed by atoms with Crippen LogP contribution in [0.1, 0.15) is 12.8 Å². The predicted octanol–water partition coefficient (Wildman–Crippen LogP) is 5.49. The fourth-order valence-electron chi connectivity index (χ4n) is 3.92. The van der Waals surface area contributed by atoms with Crippen LogP contribution < -0.4 is 21.3 Å². The van der Waals surface area contributed by atoms with E-state index < -0.39 is 10.5 Å². The summed E-state index contributed by atoms with van der Waals surface area (Å²) in [5.41, 5.74) is 1.91. The Bertz CT molecular complexity index is 1520. The first-order valence-electron chi connectivity index (χ1n) is 12.5. The van der Waals surface area contributed by atoms with E-state index in [1.165, 1.54) is 0 Å². The van der Waals surface area contributed by atoms with Gasteiger partial charge in [0.15, 0.2) is 10.3 Å². The van der Waals surface area contributed by atoms with Gasteiger partial charge in [-0.25, -0.2) is 9.98 Å². The maximum atomic E-state index is 12.7. The van der Waals surface area contributed by atoms with E-state index in [0.717, 1.165) is 23.5 Å². The molecule has 3 aromatic carbocycles. The topological polar surface area (TPSA) is 141 Å². The molecule has 2 heterocycles. The normalized spacial score (nSPS) is 20.0. The Labute approximate surface area is 259 Å². The monoisotopic (exact) mass is 640 g/mol. The van der Waals surface area contributed by atoms with Crippen molar-refractivity contribution in [2.45, 2.75) is 23.3 Å². The molecule has 0 saturated carbocycles. The van der Waals surface area contributed by atoms with E-state index in [1.807, 2.05) is 0 Å². The SMILES string of the molecule is O=C(C[C@H]1SC(=Nc2ccccc2Cl)NC1=O)Nc1cccc(NC(=O)C[C@H]2SC(=Nc3ccccc3Cl)NC2=O)c1. The number of carbonyl (C=O) groups is 4. The summed E-state index contributed by atoms with van der Waals surface area (Å²) in [6.45, 7) is 0. The molecule has 2 atom stereocenters. The number of hydrogen-bond acceptors (Lipinski definition) is 8. The van der Waals surface area contributed by atoms with E-state index in [-0.39, 0.29) is 36.5 Å². The molecular weight excluding hydrogens is 619 g/mol. The van der Waals surface area contributed by atoms with Crippen molar-refractivity contribution in [1.82, 2.24) is 10.6 Å². The van der Waals surface area contributed by atoms with Crippen molar-refractivity contribution >= 4 is 103 Å². The molecule has 10 nitrogen and oxygen atoms in total. The third-order valence-corrected chi connectivity index (χ3v) is 8.68. The van der Waals surface area contributed by atoms with E-state index in [0.29, 0.717) is 43.1 Å². The molecular formula is C28H22Cl2N6O4S2. The third-order valence-electron chi connectivity index (χ3n) is 5.87. The summed E-state index contributed by atoms with van der Waals surface area (Å²) in [6.07, 6.45) is -0.165. The Morgan fingerprint density at radius 1 is 0.690 bits per heavy atom. The van der Waals surface area contributed by atoms with Crippen molar-refractivity contribution in [1.29, 1.82) is 0 Å². The number of rotatable bonds is 8. The lowest BCUT2D eigenvalue weighted by atomic mass is 10.2. The number of thioether (sulfide) groups is 2. The predicted molar refractivity (Wildman–Crippen MR) is 169 cm³/mol. The summed E-state index contributed by atoms with van der Waals surface area (Å²) < 4.78 is 0. The molecule has 2 saturated heterocycles. The summed E-state index contributed by atoms with van der Waals surface area (Å²) in [4.78, 5) is 58.9. The smallest absolute Gasteiger partial charge is 0.240 e. The maximum absolute atomic E-state index is 12.7. The van der Waals surface area contributed by atoms with Gasteiger partial charge in [0.05, 0.1) is 21.4 Å². The lowest BCUT2D eigenvalue weighted by Gasteiger charge is -2.11. The summed E-state index contributed by atoms with van der Waals surface area (Å²) in [5.74, 6) is -1.41. The molecule has 2 fully saturated rings. The summed E-state index contributed by atoms with van der Waals surface area (Å²) in [5, 5.41) is 11.2. The first-order valence-corrected chi connectivity index (χ1v) is 15.1. The molecule has 14 heteroatoms. The Hall–Kier alpha value is -3.84. The molecule has 5 rings (SSSR count). The zero-order valence-corrected chi connectivity index (χ0v) is 24.7. The van der Waals surface area contributed by atoms with Gasteiger partial charge in [0, 0.05) is 24.2 Å². The van der Waals surface area contributed by atoms with Crippen LogP contribution in [-0.2, 0) is 19.2 Å². The van der Waals surface area contributed by atoms with Crippen molar-refractivity contribution in [3.05, 3.63) is 82.8 Å². The van der Waals surface area contributed by atoms with Crippen LogP contribution in [0.2, 0.25) is 10.0 Å². The number of carbonyl (C=O) groups excluding carboxylic acids is 4. The van der Waals surface area contributed by atoms with Crippen LogP contribution in [-0.4, -0.2) is 44.5 Å². The number of nitrogens with zero attached hydrogens (tertiary/aromatic N) is 2. The van der Waals surface area contributed by atoms with E-state index in [1.54, 1.807) is 72.8 Å². The van der Waals surface area contributed by atoms with Crippen LogP contribution in [0.15, 0.2) is 82.8 Å². The van der Waals surface area contributed by atoms with Crippen LogP contribution in [0, 0.1) is 0 Å². The molecule has 2 aliphatic heterocycles. The molecule has 0 bridgehead atoms. The zero-order valence-electron chi connectivity index (χ0n) is 21.6. The number of hydrogen-bond donors (Lipinski definition) is 4. The summed E-state index contributed by atoms with van der Waals surface area (Å²) in [6, 6.07) is 20.6. The number of nitrogens with one attached hydrogen (secondary N) is 4. The van der Waals surface area contributed by atoms with Gasteiger partial charge in [-0.2, -0.15) is 0 Å². The van der Waals surface area contributed by atoms with Gasteiger partial charge in [0.1, 0.15) is 10.5 Å². The van der Waals surface area contributed by atoms with Gasteiger partial charge in [-0.1, -0.05) is 77.1 Å². The minimum atomic E-state index is -0.657. The van der Waals surface area contributed by atoms with Gasteiger partial charge in [0.25, 0.3) is 0 Å². The fraction of sp³-hybridized carbons (Fsp3) is 0.143. The average molecular weight is 642 g/mol. The molecule has 42 heavy (non-hydrogen) atoms. The Morgan fingerprint density at radius 2 is 1.12 bits per heavy atom. The van der Waals surface area contributed by atoms with Gasteiger partial charge in [-0.3, -0.25) is 19.2 Å². The number of halogens is 2. The van der Waals surface area contributed by atoms with Gasteiger partial charge >= 0.3 is 0 Å². The lowest BCUT2D eigenvalue weighted by Crippen LogP contribution is -2.28. The lowest BCUT2D eigenvalue weighted by molar-refractivity contribution is -0.122. The third kappa shape index (κ3) is 7.71. The van der Waals surface area contributed by atoms with Crippen molar-refractivity contribution in [2.24, 2.45) is 9.98 Å². The standard InChI is InChI=1S/C28H22Cl2N6O4S2/c29-17-8-1-3-10-19(17)33-27-35-25(39)21(41-27)13-23(37)31-15-6-5-7-16(12-15)32-24(38)14-22-26(40)36-28(42-22)34-20-11-4-2-9-18(20)30/h1-12,21-22H,13-14H2,(H,31,37)(H,32,38)(H,33,35,39)(H,34,36,40)/t21-,22-/m1/s1. The maximum Gasteiger partial charge on any atom is 0.240 e. The molecule has 2 aliphatic rings. The molecule has 0 aliphatic carbocycles. The number of para-hydroxylation sites is 2. The number of amidine groups is 2. The van der Waals surface area contributed by atoms with E-state index in [2.05, 4.69) is 31.3 Å². The van der Waals surface area contributed by atoms with Gasteiger partial charge < -0.3 is 21.3 Å². The molecule has 4 N–H and O–H groups in total. The quantitative estimate of drug-likeness (QED) is 0.257. The zero-order chi connectivity index (χ0) is 29.6. The summed E-state index contributed by atoms with van der Waals surface area (Å²) >= 11 is 14.6. The van der Waals surface area contributed by atoms with Crippen LogP contribution in [0.4, 0.5) is 22.7 Å². The van der Waals surface area contributed by atoms with Gasteiger partial charge in [-0.15, -0.1) is 0 Å². The highest BCUT2D eigenvalue weighted by Gasteiger charge is 2.33. The highest BCUT2D eigenvalue weighted by atomic mass is 35.5. The van der Waals surface area contributed by atoms with Crippen molar-refractivity contribution in [2.75, 3.05) is 10.6 Å². The van der Waals surface area contributed by atoms with Crippen molar-refractivity contribution in [3.63, 3.8) is 0 Å². The van der Waals surface area contributed by atoms with Crippen LogP contribution in [0.25, 0.3) is 0 Å². The minimum absolute atomic E-state index is 0.0826. The van der Waals surface area contributed by atoms with E-state index in [9.17, 15) is 19.2 Å². The van der Waals surface area contributed by atoms with Crippen LogP contribution in [0.5, 0.6) is 0 Å². The summed E-state index contributed by atoms with van der Waals surface area (Å²) in [7, 11) is 0. The molecule has 214 valence electrons. The van der Waals surface area contributed by atoms with Gasteiger partial charge in [0.2, 0.25) is 23.6 Å². The van der Waals surface area contributed by atoms with Crippen LogP contribution in [0.3, 0.4) is 0 Å². The highest BCUT2D eigenvalue weighted by molar-refractivity contribution is 8.16. The number of aliphatic imine (C=N–C) groups is 2. The second-order valence-corrected chi connectivity index (χ2v) is 12.2. The first-order chi connectivity index (χ1) is 20.2. The van der Waals surface area contributed by atoms with Crippen LogP contribution >= 0.6 is 46.7 Å². The molecule has 0 radical (unpaired) electrons. The minimum Gasteiger partial charge on any atom is -0.326 e. The molecule has 0 aromatic heterocycles. The second kappa shape index (κ2) is 13.4. The Balaban J connectivity index is 1.13. The highest BCUT2D eigenvalue weighted by Crippen LogP contribution is 2.31. The molecule has 3 aromatic rings. The van der Waals surface area contributed by atoms with E-state index in [4.69, 9.17) is 23.2 Å². The number of anilines is 2. The fourth-order valence-corrected chi connectivity index (χ4v) is 6.24.